The van der Waals surface area contributed by atoms with E-state index in [1.165, 1.54) is 18.9 Å². The molecular weight excluding hydrogens is 334 g/mol. The monoisotopic (exact) mass is 355 g/mol. The van der Waals surface area contributed by atoms with Crippen molar-refractivity contribution in [1.29, 1.82) is 0 Å². The maximum atomic E-state index is 11.4. The number of rotatable bonds is 6. The Morgan fingerprint density at radius 2 is 2.12 bits per heavy atom. The summed E-state index contributed by atoms with van der Waals surface area (Å²) in [5.41, 5.74) is 6.84. The van der Waals surface area contributed by atoms with Gasteiger partial charge in [-0.2, -0.15) is 0 Å². The molecule has 1 aromatic rings. The van der Waals surface area contributed by atoms with Crippen LogP contribution in [0.5, 0.6) is 0 Å². The second-order valence-corrected chi connectivity index (χ2v) is 6.38. The molecule has 0 aliphatic carbocycles. The Morgan fingerprint density at radius 3 is 2.62 bits per heavy atom. The molecule has 3 unspecified atom stereocenters. The Kier molecular flexibility index (Phi) is 6.47. The number of methoxy groups -OCH3 is 1. The van der Waals surface area contributed by atoms with E-state index in [1.807, 2.05) is 6.07 Å². The Balaban J connectivity index is 2.55. The number of nitrogens with zero attached hydrogens (tertiary/aromatic N) is 3. The second-order valence-electron chi connectivity index (χ2n) is 5.48. The van der Waals surface area contributed by atoms with Crippen molar-refractivity contribution in [3.63, 3.8) is 0 Å². The third kappa shape index (κ3) is 3.25. The lowest BCUT2D eigenvalue weighted by Gasteiger charge is -2.51. The highest BCUT2D eigenvalue weighted by Crippen LogP contribution is 2.45. The van der Waals surface area contributed by atoms with E-state index in [1.54, 1.807) is 30.5 Å². The summed E-state index contributed by atoms with van der Waals surface area (Å²) >= 11 is 1.18. The topological polar surface area (TPSA) is 128 Å². The van der Waals surface area contributed by atoms with Crippen LogP contribution in [-0.2, 0) is 9.47 Å². The number of hydrogen-bond donors (Lipinski definition) is 3. The molecule has 9 heteroatoms. The van der Waals surface area contributed by atoms with Crippen LogP contribution in [0.1, 0.15) is 11.7 Å². The molecule has 1 fully saturated rings. The van der Waals surface area contributed by atoms with Crippen molar-refractivity contribution in [1.82, 2.24) is 0 Å². The van der Waals surface area contributed by atoms with Crippen LogP contribution in [-0.4, -0.2) is 64.6 Å². The summed E-state index contributed by atoms with van der Waals surface area (Å²) in [5.74, 6) is 0. The molecule has 1 saturated heterocycles. The molecule has 1 aromatic carbocycles. The molecule has 0 bridgehead atoms. The number of azide groups is 1. The zero-order chi connectivity index (χ0) is 17.7. The minimum Gasteiger partial charge on any atom is -0.394 e. The lowest BCUT2D eigenvalue weighted by atomic mass is 9.79. The number of hydrogen-bond acceptors (Lipinski definition) is 7. The Labute approximate surface area is 144 Å². The van der Waals surface area contributed by atoms with E-state index in [-0.39, 0.29) is 0 Å². The molecule has 1 aliphatic rings. The Morgan fingerprint density at radius 1 is 1.46 bits per heavy atom. The Bertz CT molecular complexity index is 586. The normalized spacial score (nSPS) is 34.4. The summed E-state index contributed by atoms with van der Waals surface area (Å²) in [5, 5.41) is 34.9. The van der Waals surface area contributed by atoms with Crippen LogP contribution < -0.4 is 0 Å². The summed E-state index contributed by atoms with van der Waals surface area (Å²) in [6, 6.07) is 7.68. The smallest absolute Gasteiger partial charge is 0.141 e. The third-order valence-corrected chi connectivity index (χ3v) is 5.10. The van der Waals surface area contributed by atoms with E-state index in [4.69, 9.17) is 15.0 Å². The predicted molar refractivity (Wildman–Crippen MR) is 89.3 cm³/mol. The fraction of sp³-hybridized carbons (Fsp3) is 0.600. The molecule has 3 N–H and O–H groups in total. The van der Waals surface area contributed by atoms with Gasteiger partial charge in [0.05, 0.1) is 12.7 Å². The van der Waals surface area contributed by atoms with Gasteiger partial charge >= 0.3 is 0 Å². The summed E-state index contributed by atoms with van der Waals surface area (Å²) < 4.78 is 11.1. The number of aliphatic hydroxyl groups excluding tert-OH is 2. The van der Waals surface area contributed by atoms with E-state index in [0.717, 1.165) is 0 Å². The summed E-state index contributed by atoms with van der Waals surface area (Å²) in [7, 11) is 1.42. The first-order chi connectivity index (χ1) is 11.5. The van der Waals surface area contributed by atoms with Gasteiger partial charge in [-0.3, -0.25) is 0 Å². The van der Waals surface area contributed by atoms with Crippen molar-refractivity contribution in [3.05, 3.63) is 46.3 Å². The molecule has 0 saturated carbocycles. The SMILES string of the molecule is COC(c1ccccc1)C1(O)[C@H](SC)OC(CO)[C@H](O)[C@@H]1N=[N+]=[N-]. The highest BCUT2D eigenvalue weighted by Gasteiger charge is 2.59. The first-order valence-corrected chi connectivity index (χ1v) is 8.64. The molecule has 1 heterocycles. The molecule has 0 aromatic heterocycles. The molecule has 2 rings (SSSR count). The van der Waals surface area contributed by atoms with Crippen molar-refractivity contribution in [2.24, 2.45) is 5.11 Å². The van der Waals surface area contributed by atoms with Crippen molar-refractivity contribution in [2.45, 2.75) is 35.4 Å². The van der Waals surface area contributed by atoms with Crippen LogP contribution in [0.3, 0.4) is 0 Å². The van der Waals surface area contributed by atoms with Crippen molar-refractivity contribution in [3.8, 4) is 0 Å². The molecular formula is C15H21N3O5S. The van der Waals surface area contributed by atoms with Crippen molar-refractivity contribution in [2.75, 3.05) is 20.0 Å². The molecule has 1 aliphatic heterocycles. The predicted octanol–water partition coefficient (Wildman–Crippen LogP) is 1.23. The summed E-state index contributed by atoms with van der Waals surface area (Å²) in [6.07, 6.45) is -1.53. The number of ether oxygens (including phenoxy) is 2. The number of thioether (sulfide) groups is 1. The van der Waals surface area contributed by atoms with Crippen LogP contribution in [0.2, 0.25) is 0 Å². The molecule has 0 amide bonds. The molecule has 24 heavy (non-hydrogen) atoms. The fourth-order valence-corrected chi connectivity index (χ4v) is 3.97. The number of benzene rings is 1. The van der Waals surface area contributed by atoms with Gasteiger partial charge in [-0.1, -0.05) is 35.4 Å². The van der Waals surface area contributed by atoms with Gasteiger partial charge in [-0.15, -0.1) is 11.8 Å². The lowest BCUT2D eigenvalue weighted by Crippen LogP contribution is -2.67. The van der Waals surface area contributed by atoms with Gasteiger partial charge in [0, 0.05) is 12.0 Å². The largest absolute Gasteiger partial charge is 0.394 e. The number of aliphatic hydroxyl groups is 3. The average molecular weight is 355 g/mol. The van der Waals surface area contributed by atoms with Gasteiger partial charge in [0.25, 0.3) is 0 Å². The van der Waals surface area contributed by atoms with Gasteiger partial charge in [0.15, 0.2) is 0 Å². The van der Waals surface area contributed by atoms with E-state index < -0.39 is 42.0 Å². The van der Waals surface area contributed by atoms with E-state index in [0.29, 0.717) is 5.56 Å². The minimum atomic E-state index is -1.83. The van der Waals surface area contributed by atoms with Gasteiger partial charge in [0.2, 0.25) is 0 Å². The highest BCUT2D eigenvalue weighted by molar-refractivity contribution is 7.99. The maximum Gasteiger partial charge on any atom is 0.141 e. The lowest BCUT2D eigenvalue weighted by molar-refractivity contribution is -0.241. The van der Waals surface area contributed by atoms with Crippen LogP contribution in [0.4, 0.5) is 0 Å². The van der Waals surface area contributed by atoms with E-state index in [9.17, 15) is 15.3 Å². The summed E-state index contributed by atoms with van der Waals surface area (Å²) in [6.45, 7) is -0.464. The van der Waals surface area contributed by atoms with Crippen LogP contribution in [0.15, 0.2) is 35.4 Å². The van der Waals surface area contributed by atoms with Gasteiger partial charge in [-0.25, -0.2) is 0 Å². The zero-order valence-corrected chi connectivity index (χ0v) is 14.2. The summed E-state index contributed by atoms with van der Waals surface area (Å²) in [4.78, 5) is 2.76. The molecule has 0 spiro atoms. The zero-order valence-electron chi connectivity index (χ0n) is 13.4. The maximum absolute atomic E-state index is 11.4. The quantitative estimate of drug-likeness (QED) is 0.400. The van der Waals surface area contributed by atoms with Crippen molar-refractivity contribution >= 4 is 11.8 Å². The third-order valence-electron chi connectivity index (χ3n) is 4.18. The standard InChI is InChI=1S/C15H21N3O5S/c1-22-13(9-6-4-3-5-7-9)15(21)12(17-18-16)11(20)10(8-19)23-14(15)24-2/h3-7,10-14,19-21H,8H2,1-2H3/t10?,11-,12-,13?,14-,15?/m0/s1. The average Bonchev–Trinajstić information content (AvgIpc) is 2.60. The van der Waals surface area contributed by atoms with Crippen molar-refractivity contribution < 1.29 is 24.8 Å². The van der Waals surface area contributed by atoms with Crippen LogP contribution in [0.25, 0.3) is 10.4 Å². The second kappa shape index (κ2) is 8.17. The minimum absolute atomic E-state index is 0.464. The van der Waals surface area contributed by atoms with E-state index in [2.05, 4.69) is 10.0 Å². The highest BCUT2D eigenvalue weighted by atomic mass is 32.2. The first-order valence-electron chi connectivity index (χ1n) is 7.36. The van der Waals surface area contributed by atoms with Gasteiger partial charge in [0.1, 0.15) is 29.3 Å². The van der Waals surface area contributed by atoms with Gasteiger partial charge in [-0.05, 0) is 17.4 Å². The first kappa shape index (κ1) is 19.0. The molecule has 6 atom stereocenters. The fourth-order valence-electron chi connectivity index (χ4n) is 3.07. The van der Waals surface area contributed by atoms with Crippen LogP contribution in [0, 0.1) is 0 Å². The molecule has 0 radical (unpaired) electrons. The Hall–Kier alpha value is -1.32. The van der Waals surface area contributed by atoms with Crippen LogP contribution >= 0.6 is 11.8 Å². The molecule has 8 nitrogen and oxygen atoms in total. The molecule has 132 valence electrons. The van der Waals surface area contributed by atoms with E-state index >= 15 is 0 Å². The van der Waals surface area contributed by atoms with Gasteiger partial charge < -0.3 is 24.8 Å².